The minimum Gasteiger partial charge on any atom is -0.323 e. The zero-order valence-electron chi connectivity index (χ0n) is 9.98. The molecule has 2 aliphatic rings. The van der Waals surface area contributed by atoms with Crippen molar-refractivity contribution in [2.24, 2.45) is 23.5 Å². The number of hydrogen-bond donors (Lipinski definition) is 1. The van der Waals surface area contributed by atoms with Crippen molar-refractivity contribution in [2.75, 3.05) is 0 Å². The molecule has 1 aromatic rings. The van der Waals surface area contributed by atoms with Gasteiger partial charge in [-0.1, -0.05) is 6.42 Å². The molecule has 1 heterocycles. The van der Waals surface area contributed by atoms with Crippen LogP contribution in [0, 0.1) is 17.8 Å². The van der Waals surface area contributed by atoms with Crippen LogP contribution in [0.15, 0.2) is 22.8 Å². The van der Waals surface area contributed by atoms with Gasteiger partial charge in [-0.2, -0.15) is 0 Å². The minimum atomic E-state index is 0.0925. The van der Waals surface area contributed by atoms with E-state index >= 15 is 0 Å². The highest BCUT2D eigenvalue weighted by Crippen LogP contribution is 2.50. The summed E-state index contributed by atoms with van der Waals surface area (Å²) in [5.41, 5.74) is 7.34. The first-order valence-corrected chi connectivity index (χ1v) is 7.39. The normalized spacial score (nSPS) is 32.9. The van der Waals surface area contributed by atoms with Gasteiger partial charge in [-0.25, -0.2) is 0 Å². The van der Waals surface area contributed by atoms with Crippen LogP contribution >= 0.6 is 15.9 Å². The van der Waals surface area contributed by atoms with Crippen LogP contribution < -0.4 is 5.73 Å². The first-order valence-electron chi connectivity index (χ1n) is 6.60. The summed E-state index contributed by atoms with van der Waals surface area (Å²) in [5.74, 6) is 2.80. The Bertz CT molecular complexity index is 407. The van der Waals surface area contributed by atoms with E-state index in [0.29, 0.717) is 0 Å². The van der Waals surface area contributed by atoms with Crippen molar-refractivity contribution in [2.45, 2.75) is 38.1 Å². The van der Waals surface area contributed by atoms with E-state index in [4.69, 9.17) is 5.73 Å². The van der Waals surface area contributed by atoms with Gasteiger partial charge in [0.25, 0.3) is 0 Å². The lowest BCUT2D eigenvalue weighted by molar-refractivity contribution is 0.294. The van der Waals surface area contributed by atoms with Crippen molar-refractivity contribution in [1.29, 1.82) is 0 Å². The quantitative estimate of drug-likeness (QED) is 0.924. The molecule has 2 saturated carbocycles. The fourth-order valence-electron chi connectivity index (χ4n) is 3.77. The second kappa shape index (κ2) is 4.69. The Morgan fingerprint density at radius 3 is 2.94 bits per heavy atom. The second-order valence-corrected chi connectivity index (χ2v) is 6.50. The fraction of sp³-hybridized carbons (Fsp3) is 0.643. The van der Waals surface area contributed by atoms with Gasteiger partial charge in [-0.05, 0) is 71.5 Å². The fourth-order valence-corrected chi connectivity index (χ4v) is 4.32. The molecule has 17 heavy (non-hydrogen) atoms. The van der Waals surface area contributed by atoms with Gasteiger partial charge in [0.05, 0.1) is 5.69 Å². The maximum absolute atomic E-state index is 6.31. The molecule has 2 aliphatic carbocycles. The Morgan fingerprint density at radius 2 is 2.29 bits per heavy atom. The van der Waals surface area contributed by atoms with Crippen LogP contribution in [0.4, 0.5) is 0 Å². The number of fused-ring (bicyclic) bond motifs is 2. The van der Waals surface area contributed by atoms with Gasteiger partial charge in [-0.3, -0.25) is 4.98 Å². The van der Waals surface area contributed by atoms with Crippen LogP contribution in [0.3, 0.4) is 0 Å². The molecular weight excluding hydrogens is 276 g/mol. The van der Waals surface area contributed by atoms with Crippen LogP contribution in [0.2, 0.25) is 0 Å². The maximum Gasteiger partial charge on any atom is 0.0712 e. The highest BCUT2D eigenvalue weighted by Gasteiger charge is 2.40. The molecule has 0 aromatic carbocycles. The Hall–Kier alpha value is -0.410. The molecule has 0 spiro atoms. The van der Waals surface area contributed by atoms with Crippen LogP contribution in [-0.2, 0) is 0 Å². The molecule has 92 valence electrons. The maximum atomic E-state index is 6.31. The average molecular weight is 295 g/mol. The van der Waals surface area contributed by atoms with Crippen molar-refractivity contribution in [3.63, 3.8) is 0 Å². The lowest BCUT2D eigenvalue weighted by atomic mass is 9.84. The SMILES string of the molecule is NC(CC1CC2CCC1C2)c1ncccc1Br. The third kappa shape index (κ3) is 2.27. The third-order valence-corrected chi connectivity index (χ3v) is 5.25. The van der Waals surface area contributed by atoms with Crippen molar-refractivity contribution in [3.8, 4) is 0 Å². The number of nitrogens with zero attached hydrogens (tertiary/aromatic N) is 1. The molecule has 0 aliphatic heterocycles. The molecule has 0 radical (unpaired) electrons. The summed E-state index contributed by atoms with van der Waals surface area (Å²) in [6, 6.07) is 4.07. The molecule has 0 saturated heterocycles. The number of hydrogen-bond acceptors (Lipinski definition) is 2. The molecule has 2 bridgehead atoms. The molecule has 4 unspecified atom stereocenters. The number of aromatic nitrogens is 1. The number of nitrogens with two attached hydrogens (primary N) is 1. The van der Waals surface area contributed by atoms with Gasteiger partial charge >= 0.3 is 0 Å². The summed E-state index contributed by atoms with van der Waals surface area (Å²) in [6.45, 7) is 0. The molecule has 2 fully saturated rings. The summed E-state index contributed by atoms with van der Waals surface area (Å²) in [5, 5.41) is 0. The van der Waals surface area contributed by atoms with E-state index in [1.807, 2.05) is 18.3 Å². The summed E-state index contributed by atoms with van der Waals surface area (Å²) in [4.78, 5) is 4.41. The Labute approximate surface area is 111 Å². The predicted molar refractivity (Wildman–Crippen MR) is 72.4 cm³/mol. The topological polar surface area (TPSA) is 38.9 Å². The summed E-state index contributed by atoms with van der Waals surface area (Å²) < 4.78 is 1.05. The molecule has 3 heteroatoms. The second-order valence-electron chi connectivity index (χ2n) is 5.65. The highest BCUT2D eigenvalue weighted by atomic mass is 79.9. The van der Waals surface area contributed by atoms with Gasteiger partial charge in [0.1, 0.15) is 0 Å². The van der Waals surface area contributed by atoms with Gasteiger partial charge in [0, 0.05) is 16.7 Å². The van der Waals surface area contributed by atoms with E-state index in [9.17, 15) is 0 Å². The lowest BCUT2D eigenvalue weighted by Crippen LogP contribution is -2.20. The highest BCUT2D eigenvalue weighted by molar-refractivity contribution is 9.10. The first-order chi connectivity index (χ1) is 8.24. The largest absolute Gasteiger partial charge is 0.323 e. The van der Waals surface area contributed by atoms with Crippen LogP contribution in [0.1, 0.15) is 43.8 Å². The molecule has 0 amide bonds. The molecule has 1 aromatic heterocycles. The van der Waals surface area contributed by atoms with E-state index in [2.05, 4.69) is 20.9 Å². The van der Waals surface area contributed by atoms with Gasteiger partial charge in [0.15, 0.2) is 0 Å². The number of pyridine rings is 1. The van der Waals surface area contributed by atoms with Gasteiger partial charge < -0.3 is 5.73 Å². The minimum absolute atomic E-state index is 0.0925. The Balaban J connectivity index is 1.68. The first kappa shape index (κ1) is 11.7. The summed E-state index contributed by atoms with van der Waals surface area (Å²) in [7, 11) is 0. The Kier molecular flexibility index (Phi) is 3.22. The van der Waals surface area contributed by atoms with Crippen LogP contribution in [0.5, 0.6) is 0 Å². The van der Waals surface area contributed by atoms with Gasteiger partial charge in [0.2, 0.25) is 0 Å². The third-order valence-electron chi connectivity index (χ3n) is 4.58. The van der Waals surface area contributed by atoms with E-state index in [1.165, 1.54) is 25.7 Å². The van der Waals surface area contributed by atoms with Crippen LogP contribution in [0.25, 0.3) is 0 Å². The van der Waals surface area contributed by atoms with E-state index < -0.39 is 0 Å². The predicted octanol–water partition coefficient (Wildman–Crippen LogP) is 3.67. The molecule has 2 nitrogen and oxygen atoms in total. The lowest BCUT2D eigenvalue weighted by Gasteiger charge is -2.24. The zero-order chi connectivity index (χ0) is 11.8. The standard InChI is InChI=1S/C14H19BrN2/c15-12-2-1-5-17-14(12)13(16)8-11-7-9-3-4-10(11)6-9/h1-2,5,9-11,13H,3-4,6-8,16H2. The molecular formula is C14H19BrN2. The monoisotopic (exact) mass is 294 g/mol. The molecule has 2 N–H and O–H groups in total. The van der Waals surface area contributed by atoms with Crippen molar-refractivity contribution in [3.05, 3.63) is 28.5 Å². The Morgan fingerprint density at radius 1 is 1.41 bits per heavy atom. The average Bonchev–Trinajstić information content (AvgIpc) is 2.91. The summed E-state index contributed by atoms with van der Waals surface area (Å²) >= 11 is 3.54. The van der Waals surface area contributed by atoms with Gasteiger partial charge in [-0.15, -0.1) is 0 Å². The van der Waals surface area contributed by atoms with E-state index in [-0.39, 0.29) is 6.04 Å². The van der Waals surface area contributed by atoms with Crippen molar-refractivity contribution >= 4 is 15.9 Å². The number of halogens is 1. The smallest absolute Gasteiger partial charge is 0.0712 e. The van der Waals surface area contributed by atoms with Crippen molar-refractivity contribution in [1.82, 2.24) is 4.98 Å². The molecule has 3 rings (SSSR count). The van der Waals surface area contributed by atoms with Crippen molar-refractivity contribution < 1.29 is 0 Å². The zero-order valence-corrected chi connectivity index (χ0v) is 11.6. The summed E-state index contributed by atoms with van der Waals surface area (Å²) in [6.07, 6.45) is 8.70. The van der Waals surface area contributed by atoms with Crippen LogP contribution in [-0.4, -0.2) is 4.98 Å². The number of rotatable bonds is 3. The van der Waals surface area contributed by atoms with E-state index in [0.717, 1.165) is 34.3 Å². The molecule has 4 atom stereocenters. The van der Waals surface area contributed by atoms with E-state index in [1.54, 1.807) is 0 Å².